The van der Waals surface area contributed by atoms with Gasteiger partial charge in [-0.3, -0.25) is 0 Å². The Labute approximate surface area is 128 Å². The fourth-order valence-corrected chi connectivity index (χ4v) is 2.95. The highest BCUT2D eigenvalue weighted by atomic mass is 35.5. The van der Waals surface area contributed by atoms with Gasteiger partial charge in [0.05, 0.1) is 10.6 Å². The maximum absolute atomic E-state index is 13.7. The monoisotopic (exact) mass is 300 g/mol. The molecule has 0 atom stereocenters. The van der Waals surface area contributed by atoms with Crippen molar-refractivity contribution < 1.29 is 4.39 Å². The van der Waals surface area contributed by atoms with Crippen LogP contribution in [0.25, 0.3) is 0 Å². The third-order valence-electron chi connectivity index (χ3n) is 3.94. The van der Waals surface area contributed by atoms with Gasteiger partial charge >= 0.3 is 0 Å². The highest BCUT2D eigenvalue weighted by Gasteiger charge is 2.31. The molecule has 1 aliphatic carbocycles. The van der Waals surface area contributed by atoms with Gasteiger partial charge in [0.25, 0.3) is 0 Å². The summed E-state index contributed by atoms with van der Waals surface area (Å²) < 4.78 is 13.7. The third kappa shape index (κ3) is 2.86. The molecule has 3 rings (SSSR count). The van der Waals surface area contributed by atoms with Crippen LogP contribution in [0.5, 0.6) is 0 Å². The van der Waals surface area contributed by atoms with Crippen LogP contribution in [0.1, 0.15) is 29.9 Å². The second kappa shape index (κ2) is 5.75. The zero-order valence-corrected chi connectivity index (χ0v) is 12.1. The van der Waals surface area contributed by atoms with E-state index in [0.717, 1.165) is 24.1 Å². The Kier molecular flexibility index (Phi) is 3.81. The van der Waals surface area contributed by atoms with Crippen molar-refractivity contribution in [1.82, 2.24) is 0 Å². The van der Waals surface area contributed by atoms with Crippen LogP contribution in [-0.4, -0.2) is 6.04 Å². The molecule has 0 bridgehead atoms. The average molecular weight is 301 g/mol. The topological polar surface area (TPSA) is 35.8 Å². The molecule has 2 aromatic rings. The molecule has 0 unspecified atom stereocenters. The number of nitrogens with zero attached hydrogens (tertiary/aromatic N) is 1. The van der Waals surface area contributed by atoms with Crippen LogP contribution in [0.15, 0.2) is 42.5 Å². The summed E-state index contributed by atoms with van der Waals surface area (Å²) in [5, 5.41) is 12.7. The van der Waals surface area contributed by atoms with E-state index >= 15 is 0 Å². The SMILES string of the molecule is N#Cc1ccc(NC2CC(c3ccccc3F)C2)cc1Cl. The number of nitriles is 1. The first-order valence-corrected chi connectivity index (χ1v) is 7.26. The lowest BCUT2D eigenvalue weighted by Crippen LogP contribution is -2.34. The number of hydrogen-bond acceptors (Lipinski definition) is 2. The first-order chi connectivity index (χ1) is 10.2. The Balaban J connectivity index is 1.62. The molecular formula is C17H14ClFN2. The van der Waals surface area contributed by atoms with E-state index in [9.17, 15) is 4.39 Å². The molecule has 21 heavy (non-hydrogen) atoms. The molecule has 0 aliphatic heterocycles. The maximum atomic E-state index is 13.7. The lowest BCUT2D eigenvalue weighted by Gasteiger charge is -2.37. The molecule has 2 nitrogen and oxygen atoms in total. The van der Waals surface area contributed by atoms with E-state index in [1.165, 1.54) is 6.07 Å². The molecule has 1 fully saturated rings. The summed E-state index contributed by atoms with van der Waals surface area (Å²) in [6.07, 6.45) is 1.80. The smallest absolute Gasteiger partial charge is 0.126 e. The van der Waals surface area contributed by atoms with Gasteiger partial charge in [0, 0.05) is 11.7 Å². The van der Waals surface area contributed by atoms with Crippen LogP contribution in [-0.2, 0) is 0 Å². The van der Waals surface area contributed by atoms with E-state index in [1.54, 1.807) is 18.2 Å². The van der Waals surface area contributed by atoms with Crippen molar-refractivity contribution >= 4 is 17.3 Å². The number of anilines is 1. The number of nitrogens with one attached hydrogen (secondary N) is 1. The minimum absolute atomic E-state index is 0.123. The fourth-order valence-electron chi connectivity index (χ4n) is 2.73. The van der Waals surface area contributed by atoms with E-state index < -0.39 is 0 Å². The summed E-state index contributed by atoms with van der Waals surface area (Å²) in [5.74, 6) is 0.153. The van der Waals surface area contributed by atoms with Crippen molar-refractivity contribution in [2.24, 2.45) is 0 Å². The molecule has 2 aromatic carbocycles. The maximum Gasteiger partial charge on any atom is 0.126 e. The Morgan fingerprint density at radius 3 is 2.62 bits per heavy atom. The predicted molar refractivity (Wildman–Crippen MR) is 82.0 cm³/mol. The van der Waals surface area contributed by atoms with Crippen LogP contribution in [0, 0.1) is 17.1 Å². The molecule has 0 heterocycles. The van der Waals surface area contributed by atoms with Crippen molar-refractivity contribution in [3.63, 3.8) is 0 Å². The van der Waals surface area contributed by atoms with E-state index in [4.69, 9.17) is 16.9 Å². The van der Waals surface area contributed by atoms with Crippen molar-refractivity contribution in [1.29, 1.82) is 5.26 Å². The van der Waals surface area contributed by atoms with Crippen molar-refractivity contribution in [2.45, 2.75) is 24.8 Å². The summed E-state index contributed by atoms with van der Waals surface area (Å²) in [4.78, 5) is 0. The molecular weight excluding hydrogens is 287 g/mol. The summed E-state index contributed by atoms with van der Waals surface area (Å²) in [5.41, 5.74) is 2.17. The third-order valence-corrected chi connectivity index (χ3v) is 4.26. The van der Waals surface area contributed by atoms with Gasteiger partial charge in [-0.05, 0) is 48.6 Å². The number of rotatable bonds is 3. The van der Waals surface area contributed by atoms with Crippen molar-refractivity contribution in [3.8, 4) is 6.07 Å². The Morgan fingerprint density at radius 1 is 1.19 bits per heavy atom. The highest BCUT2D eigenvalue weighted by Crippen LogP contribution is 2.39. The van der Waals surface area contributed by atoms with Gasteiger partial charge in [0.15, 0.2) is 0 Å². The lowest BCUT2D eigenvalue weighted by molar-refractivity contribution is 0.363. The van der Waals surface area contributed by atoms with Gasteiger partial charge in [-0.2, -0.15) is 5.26 Å². The van der Waals surface area contributed by atoms with Crippen LogP contribution >= 0.6 is 11.6 Å². The van der Waals surface area contributed by atoms with E-state index in [0.29, 0.717) is 16.6 Å². The molecule has 4 heteroatoms. The van der Waals surface area contributed by atoms with Crippen LogP contribution in [0.3, 0.4) is 0 Å². The van der Waals surface area contributed by atoms with Gasteiger partial charge in [-0.1, -0.05) is 29.8 Å². The minimum atomic E-state index is -0.123. The first-order valence-electron chi connectivity index (χ1n) is 6.88. The van der Waals surface area contributed by atoms with Gasteiger partial charge in [0.1, 0.15) is 11.9 Å². The molecule has 1 aliphatic rings. The molecule has 1 N–H and O–H groups in total. The van der Waals surface area contributed by atoms with Crippen LogP contribution in [0.2, 0.25) is 5.02 Å². The van der Waals surface area contributed by atoms with Gasteiger partial charge in [-0.25, -0.2) is 4.39 Å². The predicted octanol–water partition coefficient (Wildman–Crippen LogP) is 4.71. The quantitative estimate of drug-likeness (QED) is 0.891. The minimum Gasteiger partial charge on any atom is -0.382 e. The first kappa shape index (κ1) is 13.9. The molecule has 0 saturated heterocycles. The van der Waals surface area contributed by atoms with Gasteiger partial charge in [0.2, 0.25) is 0 Å². The second-order valence-electron chi connectivity index (χ2n) is 5.34. The Bertz CT molecular complexity index is 702. The molecule has 0 spiro atoms. The molecule has 106 valence electrons. The molecule has 0 aromatic heterocycles. The highest BCUT2D eigenvalue weighted by molar-refractivity contribution is 6.32. The zero-order chi connectivity index (χ0) is 14.8. The summed E-state index contributed by atoms with van der Waals surface area (Å²) >= 11 is 6.01. The van der Waals surface area contributed by atoms with Gasteiger partial charge < -0.3 is 5.32 Å². The van der Waals surface area contributed by atoms with Crippen LogP contribution in [0.4, 0.5) is 10.1 Å². The number of hydrogen-bond donors (Lipinski definition) is 1. The summed E-state index contributed by atoms with van der Waals surface area (Å²) in [6, 6.07) is 14.6. The van der Waals surface area contributed by atoms with E-state index in [2.05, 4.69) is 5.32 Å². The largest absolute Gasteiger partial charge is 0.382 e. The summed E-state index contributed by atoms with van der Waals surface area (Å²) in [6.45, 7) is 0. The van der Waals surface area contributed by atoms with Gasteiger partial charge in [-0.15, -0.1) is 0 Å². The molecule has 0 amide bonds. The van der Waals surface area contributed by atoms with E-state index in [-0.39, 0.29) is 11.7 Å². The molecule has 0 radical (unpaired) electrons. The summed E-state index contributed by atoms with van der Waals surface area (Å²) in [7, 11) is 0. The fraction of sp³-hybridized carbons (Fsp3) is 0.235. The Morgan fingerprint density at radius 2 is 1.95 bits per heavy atom. The Hall–Kier alpha value is -2.05. The van der Waals surface area contributed by atoms with Crippen molar-refractivity contribution in [2.75, 3.05) is 5.32 Å². The normalized spacial score (nSPS) is 20.4. The zero-order valence-electron chi connectivity index (χ0n) is 11.3. The van der Waals surface area contributed by atoms with Crippen molar-refractivity contribution in [3.05, 3.63) is 64.4 Å². The van der Waals surface area contributed by atoms with E-state index in [1.807, 2.05) is 24.3 Å². The van der Waals surface area contributed by atoms with Crippen LogP contribution < -0.4 is 5.32 Å². The molecule has 1 saturated carbocycles. The lowest BCUT2D eigenvalue weighted by atomic mass is 9.75. The second-order valence-corrected chi connectivity index (χ2v) is 5.74. The standard InChI is InChI=1S/C17H14ClFN2/c18-16-9-13(6-5-11(16)10-20)21-14-7-12(8-14)15-3-1-2-4-17(15)19/h1-6,9,12,14,21H,7-8H2. The number of benzene rings is 2. The average Bonchev–Trinajstić information content (AvgIpc) is 2.44. The number of halogens is 2.